The molecule has 0 saturated carbocycles. The molecule has 0 rings (SSSR count). The molecule has 0 aromatic heterocycles. The zero-order chi connectivity index (χ0) is 12.7. The van der Waals surface area contributed by atoms with E-state index in [1.807, 2.05) is 0 Å². The lowest BCUT2D eigenvalue weighted by Crippen LogP contribution is -2.41. The lowest BCUT2D eigenvalue weighted by Gasteiger charge is -2.13. The summed E-state index contributed by atoms with van der Waals surface area (Å²) in [6.07, 6.45) is 0. The van der Waals surface area contributed by atoms with Crippen molar-refractivity contribution in [1.82, 2.24) is 5.32 Å². The minimum absolute atomic E-state index is 0.159. The molecule has 0 aliphatic rings. The van der Waals surface area contributed by atoms with Crippen LogP contribution < -0.4 is 5.32 Å². The normalized spacial score (nSPS) is 13.9. The van der Waals surface area contributed by atoms with Crippen LogP contribution >= 0.6 is 11.8 Å². The van der Waals surface area contributed by atoms with E-state index in [0.717, 1.165) is 0 Å². The number of carbonyl (C=O) groups is 3. The van der Waals surface area contributed by atoms with Crippen LogP contribution in [0.5, 0.6) is 0 Å². The minimum Gasteiger partial charge on any atom is -0.481 e. The number of carboxylic acid groups (broad SMARTS) is 2. The molecule has 92 valence electrons. The van der Waals surface area contributed by atoms with Crippen molar-refractivity contribution in [1.29, 1.82) is 0 Å². The van der Waals surface area contributed by atoms with E-state index in [4.69, 9.17) is 10.2 Å². The predicted octanol–water partition coefficient (Wildman–Crippen LogP) is 0.0296. The third-order valence-corrected chi connectivity index (χ3v) is 3.05. The van der Waals surface area contributed by atoms with Crippen molar-refractivity contribution in [2.24, 2.45) is 5.92 Å². The number of amides is 1. The first-order chi connectivity index (χ1) is 7.34. The summed E-state index contributed by atoms with van der Waals surface area (Å²) in [4.78, 5) is 31.9. The first kappa shape index (κ1) is 14.8. The minimum atomic E-state index is -1.12. The zero-order valence-corrected chi connectivity index (χ0v) is 9.91. The van der Waals surface area contributed by atoms with E-state index >= 15 is 0 Å². The van der Waals surface area contributed by atoms with E-state index in [-0.39, 0.29) is 5.75 Å². The molecule has 0 heterocycles. The van der Waals surface area contributed by atoms with Crippen LogP contribution in [-0.2, 0) is 14.4 Å². The Morgan fingerprint density at radius 3 is 2.12 bits per heavy atom. The van der Waals surface area contributed by atoms with Gasteiger partial charge in [0.05, 0.1) is 5.92 Å². The molecule has 0 aliphatic heterocycles. The van der Waals surface area contributed by atoms with Crippen LogP contribution in [0.1, 0.15) is 13.8 Å². The van der Waals surface area contributed by atoms with Gasteiger partial charge in [-0.25, -0.2) is 4.79 Å². The summed E-state index contributed by atoms with van der Waals surface area (Å²) in [6, 6.07) is -0.969. The van der Waals surface area contributed by atoms with Gasteiger partial charge in [0, 0.05) is 18.4 Å². The van der Waals surface area contributed by atoms with Crippen LogP contribution in [0, 0.1) is 5.92 Å². The summed E-state index contributed by atoms with van der Waals surface area (Å²) < 4.78 is 0. The number of aliphatic carboxylic acids is 2. The second-order valence-corrected chi connectivity index (χ2v) is 4.44. The number of carbonyl (C=O) groups excluding carboxylic acids is 1. The van der Waals surface area contributed by atoms with Crippen LogP contribution in [0.3, 0.4) is 0 Å². The topological polar surface area (TPSA) is 104 Å². The average molecular weight is 249 g/mol. The van der Waals surface area contributed by atoms with E-state index in [9.17, 15) is 14.4 Å². The molecule has 3 N–H and O–H groups in total. The van der Waals surface area contributed by atoms with E-state index in [0.29, 0.717) is 5.75 Å². The summed E-state index contributed by atoms with van der Waals surface area (Å²) in [5.74, 6) is -2.51. The standard InChI is InChI=1S/C9H15NO5S/c1-5(8(12)13)3-16-4-7(9(14)15)10-6(2)11/h5,7H,3-4H2,1-2H3,(H,10,11)(H,12,13)(H,14,15). The smallest absolute Gasteiger partial charge is 0.327 e. The number of nitrogens with one attached hydrogen (secondary N) is 1. The highest BCUT2D eigenvalue weighted by Crippen LogP contribution is 2.10. The molecule has 1 amide bonds. The Balaban J connectivity index is 3.99. The third-order valence-electron chi connectivity index (χ3n) is 1.75. The number of carboxylic acids is 2. The highest BCUT2D eigenvalue weighted by molar-refractivity contribution is 7.99. The SMILES string of the molecule is CC(=O)NC(CSCC(C)C(=O)O)C(=O)O. The highest BCUT2D eigenvalue weighted by Gasteiger charge is 2.19. The van der Waals surface area contributed by atoms with Gasteiger partial charge in [0.2, 0.25) is 5.91 Å². The van der Waals surface area contributed by atoms with Gasteiger partial charge in [-0.05, 0) is 0 Å². The largest absolute Gasteiger partial charge is 0.481 e. The fraction of sp³-hybridized carbons (Fsp3) is 0.667. The molecule has 2 atom stereocenters. The van der Waals surface area contributed by atoms with E-state index < -0.39 is 29.8 Å². The van der Waals surface area contributed by atoms with Crippen molar-refractivity contribution in [3.63, 3.8) is 0 Å². The summed E-state index contributed by atoms with van der Waals surface area (Å²) in [5, 5.41) is 19.6. The van der Waals surface area contributed by atoms with Crippen LogP contribution in [0.4, 0.5) is 0 Å². The molecule has 7 heteroatoms. The highest BCUT2D eigenvalue weighted by atomic mass is 32.2. The molecule has 0 spiro atoms. The van der Waals surface area contributed by atoms with Gasteiger partial charge >= 0.3 is 11.9 Å². The van der Waals surface area contributed by atoms with E-state index in [1.165, 1.54) is 18.7 Å². The van der Waals surface area contributed by atoms with Gasteiger partial charge in [-0.3, -0.25) is 9.59 Å². The molecule has 0 fully saturated rings. The van der Waals surface area contributed by atoms with Crippen LogP contribution in [0.25, 0.3) is 0 Å². The van der Waals surface area contributed by atoms with Gasteiger partial charge in [-0.2, -0.15) is 11.8 Å². The maximum atomic E-state index is 10.7. The Morgan fingerprint density at radius 1 is 1.19 bits per heavy atom. The van der Waals surface area contributed by atoms with Crippen LogP contribution in [-0.4, -0.2) is 45.6 Å². The Bertz CT molecular complexity index is 281. The molecular formula is C9H15NO5S. The third kappa shape index (κ3) is 6.28. The Morgan fingerprint density at radius 2 is 1.75 bits per heavy atom. The molecule has 0 aromatic carbocycles. The molecular weight excluding hydrogens is 234 g/mol. The maximum Gasteiger partial charge on any atom is 0.327 e. The number of thioether (sulfide) groups is 1. The quantitative estimate of drug-likeness (QED) is 0.588. The maximum absolute atomic E-state index is 10.7. The lowest BCUT2D eigenvalue weighted by molar-refractivity contribution is -0.141. The Hall–Kier alpha value is -1.24. The van der Waals surface area contributed by atoms with Gasteiger partial charge < -0.3 is 15.5 Å². The predicted molar refractivity (Wildman–Crippen MR) is 59.4 cm³/mol. The van der Waals surface area contributed by atoms with Crippen molar-refractivity contribution in [2.75, 3.05) is 11.5 Å². The number of rotatable bonds is 7. The Labute approximate surface area is 97.4 Å². The first-order valence-electron chi connectivity index (χ1n) is 4.65. The molecule has 0 aliphatic carbocycles. The molecule has 0 radical (unpaired) electrons. The Kier molecular flexibility index (Phi) is 6.55. The summed E-state index contributed by atoms with van der Waals surface area (Å²) in [5.41, 5.74) is 0. The van der Waals surface area contributed by atoms with Gasteiger partial charge in [0.25, 0.3) is 0 Å². The van der Waals surface area contributed by atoms with E-state index in [1.54, 1.807) is 6.92 Å². The molecule has 0 saturated heterocycles. The van der Waals surface area contributed by atoms with Crippen molar-refractivity contribution in [3.05, 3.63) is 0 Å². The van der Waals surface area contributed by atoms with Crippen molar-refractivity contribution in [2.45, 2.75) is 19.9 Å². The van der Waals surface area contributed by atoms with Crippen molar-refractivity contribution >= 4 is 29.6 Å². The average Bonchev–Trinajstić information content (AvgIpc) is 2.14. The second kappa shape index (κ2) is 7.10. The second-order valence-electron chi connectivity index (χ2n) is 3.37. The van der Waals surface area contributed by atoms with Crippen LogP contribution in [0.2, 0.25) is 0 Å². The summed E-state index contributed by atoms with van der Waals surface area (Å²) in [6.45, 7) is 2.78. The van der Waals surface area contributed by atoms with Gasteiger partial charge in [-0.15, -0.1) is 0 Å². The molecule has 0 bridgehead atoms. The molecule has 0 aromatic rings. The van der Waals surface area contributed by atoms with Gasteiger partial charge in [0.15, 0.2) is 0 Å². The summed E-state index contributed by atoms with van der Waals surface area (Å²) >= 11 is 1.19. The zero-order valence-electron chi connectivity index (χ0n) is 9.10. The fourth-order valence-electron chi connectivity index (χ4n) is 0.854. The van der Waals surface area contributed by atoms with Gasteiger partial charge in [0.1, 0.15) is 6.04 Å². The molecule has 6 nitrogen and oxygen atoms in total. The first-order valence-corrected chi connectivity index (χ1v) is 5.80. The van der Waals surface area contributed by atoms with Crippen molar-refractivity contribution < 1.29 is 24.6 Å². The summed E-state index contributed by atoms with van der Waals surface area (Å²) in [7, 11) is 0. The monoisotopic (exact) mass is 249 g/mol. The molecule has 2 unspecified atom stereocenters. The number of hydrogen-bond acceptors (Lipinski definition) is 4. The van der Waals surface area contributed by atoms with Crippen molar-refractivity contribution in [3.8, 4) is 0 Å². The lowest BCUT2D eigenvalue weighted by atomic mass is 10.2. The van der Waals surface area contributed by atoms with Gasteiger partial charge in [-0.1, -0.05) is 6.92 Å². The van der Waals surface area contributed by atoms with E-state index in [2.05, 4.69) is 5.32 Å². The molecule has 16 heavy (non-hydrogen) atoms. The fourth-order valence-corrected chi connectivity index (χ4v) is 1.95. The number of hydrogen-bond donors (Lipinski definition) is 3. The van der Waals surface area contributed by atoms with Crippen LogP contribution in [0.15, 0.2) is 0 Å².